The van der Waals surface area contributed by atoms with Crippen LogP contribution in [0.3, 0.4) is 0 Å². The van der Waals surface area contributed by atoms with E-state index in [0.29, 0.717) is 0 Å². The molecule has 7 aliphatic rings. The summed E-state index contributed by atoms with van der Waals surface area (Å²) in [6.45, 7) is 27.6. The maximum absolute atomic E-state index is 5.63. The van der Waals surface area contributed by atoms with Crippen molar-refractivity contribution in [2.45, 2.75) is 198 Å². The first kappa shape index (κ1) is 51.9. The highest BCUT2D eigenvalue weighted by molar-refractivity contribution is 5.99. The number of aryl methyl sites for hydroxylation is 4. The summed E-state index contributed by atoms with van der Waals surface area (Å²) in [7, 11) is 0. The lowest BCUT2D eigenvalue weighted by Gasteiger charge is -2.37. The van der Waals surface area contributed by atoms with Gasteiger partial charge in [0.1, 0.15) is 0 Å². The van der Waals surface area contributed by atoms with Gasteiger partial charge in [-0.1, -0.05) is 82.1 Å². The molecular weight excluding hydrogens is 953 g/mol. The third-order valence-electron chi connectivity index (χ3n) is 18.8. The molecule has 6 aromatic rings. The second kappa shape index (κ2) is 20.8. The molecule has 0 aromatic carbocycles. The summed E-state index contributed by atoms with van der Waals surface area (Å²) in [4.78, 5) is 38.7. The number of aromatic nitrogens is 8. The topological polar surface area (TPSA) is 115 Å². The van der Waals surface area contributed by atoms with E-state index in [4.69, 9.17) is 19.9 Å². The van der Waals surface area contributed by atoms with Gasteiger partial charge in [-0.3, -0.25) is 0 Å². The van der Waals surface area contributed by atoms with E-state index in [1.54, 1.807) is 0 Å². The second-order valence-electron chi connectivity index (χ2n) is 22.9. The fraction of sp³-hybridized carbons (Fsp3) is 0.429. The minimum absolute atomic E-state index is 0.159. The molecule has 18 bridgehead atoms. The summed E-state index contributed by atoms with van der Waals surface area (Å²) in [6, 6.07) is 19.2. The number of hydrogen-bond acceptors (Lipinski definition) is 4. The summed E-state index contributed by atoms with van der Waals surface area (Å²) in [5, 5.41) is 0. The molecule has 0 amide bonds. The van der Waals surface area contributed by atoms with Crippen molar-refractivity contribution in [2.24, 2.45) is 0 Å². The lowest BCUT2D eigenvalue weighted by molar-refractivity contribution is 0.536. The summed E-state index contributed by atoms with van der Waals surface area (Å²) >= 11 is 0. The maximum Gasteiger partial charge on any atom is 0.0694 e. The van der Waals surface area contributed by atoms with Crippen molar-refractivity contribution < 1.29 is 0 Å². The number of nitrogens with one attached hydrogen (secondary N) is 4. The molecular formula is C70H82N8. The molecule has 13 rings (SSSR count). The van der Waals surface area contributed by atoms with Gasteiger partial charge in [0.05, 0.1) is 45.6 Å². The number of aromatic amines is 4. The summed E-state index contributed by atoms with van der Waals surface area (Å²) in [5.41, 5.74) is 40.0. The Morgan fingerprint density at radius 3 is 0.910 bits per heavy atom. The van der Waals surface area contributed by atoms with Crippen LogP contribution in [0.1, 0.15) is 262 Å². The molecule has 0 unspecified atom stereocenters. The second-order valence-corrected chi connectivity index (χ2v) is 22.9. The van der Waals surface area contributed by atoms with Crippen LogP contribution < -0.4 is 0 Å². The lowest BCUT2D eigenvalue weighted by Crippen LogP contribution is -2.22. The Bertz CT molecular complexity index is 3710. The molecule has 78 heavy (non-hydrogen) atoms. The smallest absolute Gasteiger partial charge is 0.0694 e. The Hall–Kier alpha value is -6.80. The normalized spacial score (nSPS) is 16.9. The van der Waals surface area contributed by atoms with Crippen LogP contribution in [0, 0.1) is 0 Å². The number of fused-ring (bicyclic) bond motifs is 17. The average Bonchev–Trinajstić information content (AvgIpc) is 4.30. The molecule has 3 aliphatic carbocycles. The average molecular weight is 1040 g/mol. The van der Waals surface area contributed by atoms with Crippen LogP contribution in [0.4, 0.5) is 0 Å². The molecule has 4 aliphatic heterocycles. The fourth-order valence-electron chi connectivity index (χ4n) is 15.1. The van der Waals surface area contributed by atoms with Crippen LogP contribution in [0.2, 0.25) is 0 Å². The van der Waals surface area contributed by atoms with Crippen LogP contribution in [-0.4, -0.2) is 39.9 Å². The Morgan fingerprint density at radius 2 is 0.590 bits per heavy atom. The van der Waals surface area contributed by atoms with Gasteiger partial charge in [-0.05, 0) is 241 Å². The zero-order valence-corrected chi connectivity index (χ0v) is 48.9. The van der Waals surface area contributed by atoms with Gasteiger partial charge in [0, 0.05) is 56.0 Å². The van der Waals surface area contributed by atoms with Gasteiger partial charge in [-0.15, -0.1) is 0 Å². The van der Waals surface area contributed by atoms with Crippen molar-refractivity contribution >= 4 is 88.7 Å². The monoisotopic (exact) mass is 1030 g/mol. The third-order valence-corrected chi connectivity index (χ3v) is 18.8. The van der Waals surface area contributed by atoms with Gasteiger partial charge in [0.2, 0.25) is 0 Å². The van der Waals surface area contributed by atoms with Crippen LogP contribution in [0.15, 0.2) is 48.5 Å². The van der Waals surface area contributed by atoms with E-state index in [2.05, 4.69) is 152 Å². The first-order valence-electron chi connectivity index (χ1n) is 30.5. The van der Waals surface area contributed by atoms with Crippen LogP contribution >= 0.6 is 0 Å². The van der Waals surface area contributed by atoms with Gasteiger partial charge in [-0.25, -0.2) is 19.9 Å². The standard InChI is InChI=1S/C70H82N8/c1-13-23-25-47-37(11)51-29-53-39(15-3)41(17-5)55(73-53)31-57-43(19-7)45(21-9)59(75-57)33-63-67-49-27-28-50(69(67)65(77-63)35-61(47)71-51)70-66-36-62-48(26-24-14-2)38(12)52(72-62)30-54-40(16-4)42(18-6)56(74-54)32-58-44(20-8)46(22-10)60(76-58)34-64(78-66)68(49)70/h29-36,49-50,75-78H,13-28H2,1-12H3. The SMILES string of the molecule is CCCCC1=C(C)c2cc3nc(cc4[nH]c(cc5[nH]c(cc1n2)c1c5C2CCC1c1c2c2cc5[nH]c(cc6nc(cc7nc(cc1[nH]2)C(CCCC)=C7C)C(CC)=C6CC)c(CC)c5CC)c(CC)c4CC)C(CC)=C3CC. The Morgan fingerprint density at radius 1 is 0.321 bits per heavy atom. The predicted octanol–water partition coefficient (Wildman–Crippen LogP) is 19.3. The number of rotatable bonds is 14. The quantitative estimate of drug-likeness (QED) is 0.0870. The highest BCUT2D eigenvalue weighted by Crippen LogP contribution is 2.58. The van der Waals surface area contributed by atoms with Gasteiger partial charge >= 0.3 is 0 Å². The summed E-state index contributed by atoms with van der Waals surface area (Å²) in [6.07, 6.45) is 16.1. The molecule has 0 radical (unpaired) electrons. The molecule has 8 nitrogen and oxygen atoms in total. The molecule has 0 saturated carbocycles. The molecule has 6 aromatic heterocycles. The molecule has 0 saturated heterocycles. The van der Waals surface area contributed by atoms with Crippen molar-refractivity contribution in [1.82, 2.24) is 39.9 Å². The van der Waals surface area contributed by atoms with E-state index in [1.807, 2.05) is 0 Å². The van der Waals surface area contributed by atoms with Gasteiger partial charge in [-0.2, -0.15) is 0 Å². The molecule has 0 atom stereocenters. The minimum atomic E-state index is 0.159. The van der Waals surface area contributed by atoms with E-state index in [-0.39, 0.29) is 11.8 Å². The lowest BCUT2D eigenvalue weighted by atomic mass is 9.65. The van der Waals surface area contributed by atoms with Crippen molar-refractivity contribution in [3.63, 3.8) is 0 Å². The molecule has 0 spiro atoms. The number of nitrogens with zero attached hydrogens (tertiary/aromatic N) is 4. The highest BCUT2D eigenvalue weighted by atomic mass is 14.8. The van der Waals surface area contributed by atoms with E-state index in [0.717, 1.165) is 148 Å². The Labute approximate surface area is 462 Å². The van der Waals surface area contributed by atoms with Crippen LogP contribution in [0.5, 0.6) is 0 Å². The van der Waals surface area contributed by atoms with Gasteiger partial charge in [0.15, 0.2) is 0 Å². The van der Waals surface area contributed by atoms with Gasteiger partial charge in [0.25, 0.3) is 0 Å². The van der Waals surface area contributed by atoms with Crippen LogP contribution in [-0.2, 0) is 25.7 Å². The Balaban J connectivity index is 1.21. The molecule has 402 valence electrons. The zero-order valence-electron chi connectivity index (χ0n) is 48.9. The van der Waals surface area contributed by atoms with Gasteiger partial charge < -0.3 is 19.9 Å². The van der Waals surface area contributed by atoms with Crippen molar-refractivity contribution in [2.75, 3.05) is 0 Å². The Kier molecular flexibility index (Phi) is 13.8. The minimum Gasteiger partial charge on any atom is -0.355 e. The van der Waals surface area contributed by atoms with E-state index < -0.39 is 0 Å². The maximum atomic E-state index is 5.63. The molecule has 0 fully saturated rings. The summed E-state index contributed by atoms with van der Waals surface area (Å²) < 4.78 is 0. The van der Waals surface area contributed by atoms with Crippen LogP contribution in [0.25, 0.3) is 88.7 Å². The molecule has 8 heteroatoms. The third kappa shape index (κ3) is 8.19. The number of hydrogen-bond donors (Lipinski definition) is 4. The number of allylic oxidation sites excluding steroid dienone is 8. The van der Waals surface area contributed by atoms with E-state index in [9.17, 15) is 0 Å². The first-order chi connectivity index (χ1) is 38.0. The highest BCUT2D eigenvalue weighted by Gasteiger charge is 2.43. The predicted molar refractivity (Wildman–Crippen MR) is 331 cm³/mol. The van der Waals surface area contributed by atoms with E-state index >= 15 is 0 Å². The van der Waals surface area contributed by atoms with Crippen molar-refractivity contribution in [1.29, 1.82) is 0 Å². The zero-order chi connectivity index (χ0) is 54.3. The largest absolute Gasteiger partial charge is 0.355 e. The number of unbranched alkanes of at least 4 members (excludes halogenated alkanes) is 2. The summed E-state index contributed by atoms with van der Waals surface area (Å²) in [5.74, 6) is 0.326. The molecule has 10 heterocycles. The van der Waals surface area contributed by atoms with Crippen molar-refractivity contribution in [3.05, 3.63) is 139 Å². The first-order valence-corrected chi connectivity index (χ1v) is 30.5. The fourth-order valence-corrected chi connectivity index (χ4v) is 15.1. The van der Waals surface area contributed by atoms with E-state index in [1.165, 1.54) is 133 Å². The van der Waals surface area contributed by atoms with Crippen molar-refractivity contribution in [3.8, 4) is 0 Å². The molecule has 4 N–H and O–H groups in total. The number of H-pyrrole nitrogens is 4.